The summed E-state index contributed by atoms with van der Waals surface area (Å²) in [6.45, 7) is 5.93. The van der Waals surface area contributed by atoms with Crippen LogP contribution in [0.15, 0.2) is 18.2 Å². The van der Waals surface area contributed by atoms with Crippen LogP contribution in [0.1, 0.15) is 31.1 Å². The minimum atomic E-state index is -0.712. The van der Waals surface area contributed by atoms with Crippen LogP contribution in [0.2, 0.25) is 5.02 Å². The first-order valence-corrected chi connectivity index (χ1v) is 6.33. The fourth-order valence-corrected chi connectivity index (χ4v) is 1.54. The Kier molecular flexibility index (Phi) is 5.47. The Morgan fingerprint density at radius 1 is 1.35 bits per heavy atom. The molecule has 0 bridgehead atoms. The first-order chi connectivity index (χ1) is 9.20. The van der Waals surface area contributed by atoms with Gasteiger partial charge in [-0.3, -0.25) is 10.1 Å². The minimum Gasteiger partial charge on any atom is -0.460 e. The summed E-state index contributed by atoms with van der Waals surface area (Å²) in [6.07, 6.45) is 0. The second kappa shape index (κ2) is 6.67. The smallest absolute Gasteiger partial charge is 0.339 e. The molecule has 0 atom stereocenters. The van der Waals surface area contributed by atoms with E-state index in [0.717, 1.165) is 6.07 Å². The fraction of sp³-hybridized carbons (Fsp3) is 0.462. The van der Waals surface area contributed by atoms with Gasteiger partial charge < -0.3 is 9.47 Å². The number of halogens is 1. The normalized spacial score (nSPS) is 11.2. The maximum Gasteiger partial charge on any atom is 0.339 e. The van der Waals surface area contributed by atoms with Gasteiger partial charge in [0.05, 0.1) is 27.7 Å². The highest BCUT2D eigenvalue weighted by atomic mass is 35.5. The van der Waals surface area contributed by atoms with Gasteiger partial charge in [0.25, 0.3) is 5.69 Å². The van der Waals surface area contributed by atoms with Crippen LogP contribution in [0.5, 0.6) is 0 Å². The third kappa shape index (κ3) is 5.14. The van der Waals surface area contributed by atoms with E-state index < -0.39 is 10.9 Å². The molecule has 0 N–H and O–H groups in total. The van der Waals surface area contributed by atoms with E-state index >= 15 is 0 Å². The van der Waals surface area contributed by atoms with E-state index in [2.05, 4.69) is 0 Å². The molecule has 0 aliphatic heterocycles. The van der Waals surface area contributed by atoms with Crippen molar-refractivity contribution >= 4 is 23.3 Å². The van der Waals surface area contributed by atoms with Crippen LogP contribution in [0, 0.1) is 10.1 Å². The standard InChI is InChI=1S/C13H16ClNO5/c1-13(2,3)20-7-6-19-12(16)10-8-9(15(17)18)4-5-11(10)14/h4-5,8H,6-7H2,1-3H3. The first kappa shape index (κ1) is 16.4. The molecular weight excluding hydrogens is 286 g/mol. The summed E-state index contributed by atoms with van der Waals surface area (Å²) in [6, 6.07) is 3.61. The summed E-state index contributed by atoms with van der Waals surface area (Å²) >= 11 is 5.83. The van der Waals surface area contributed by atoms with E-state index in [-0.39, 0.29) is 35.1 Å². The third-order valence-electron chi connectivity index (χ3n) is 2.23. The number of hydrogen-bond acceptors (Lipinski definition) is 5. The molecule has 0 heterocycles. The van der Waals surface area contributed by atoms with Crippen molar-refractivity contribution in [3.8, 4) is 0 Å². The number of nitro groups is 1. The number of nitro benzene ring substituents is 1. The SMILES string of the molecule is CC(C)(C)OCCOC(=O)c1cc([N+](=O)[O-])ccc1Cl. The quantitative estimate of drug-likeness (QED) is 0.361. The lowest BCUT2D eigenvalue weighted by Crippen LogP contribution is -2.22. The van der Waals surface area contributed by atoms with Gasteiger partial charge in [0.1, 0.15) is 6.61 Å². The zero-order chi connectivity index (χ0) is 15.3. The first-order valence-electron chi connectivity index (χ1n) is 5.96. The summed E-state index contributed by atoms with van der Waals surface area (Å²) in [5, 5.41) is 10.8. The molecule has 0 aliphatic rings. The zero-order valence-corrected chi connectivity index (χ0v) is 12.3. The van der Waals surface area contributed by atoms with E-state index in [1.54, 1.807) is 0 Å². The van der Waals surface area contributed by atoms with Crippen molar-refractivity contribution < 1.29 is 19.2 Å². The van der Waals surface area contributed by atoms with Gasteiger partial charge in [-0.15, -0.1) is 0 Å². The van der Waals surface area contributed by atoms with Gasteiger partial charge in [0, 0.05) is 12.1 Å². The minimum absolute atomic E-state index is 0.0309. The highest BCUT2D eigenvalue weighted by molar-refractivity contribution is 6.33. The summed E-state index contributed by atoms with van der Waals surface area (Å²) in [4.78, 5) is 21.8. The van der Waals surface area contributed by atoms with Crippen molar-refractivity contribution in [2.75, 3.05) is 13.2 Å². The number of esters is 1. The van der Waals surface area contributed by atoms with Crippen molar-refractivity contribution in [2.45, 2.75) is 26.4 Å². The molecule has 1 aromatic rings. The summed E-state index contributed by atoms with van der Waals surface area (Å²) in [5.41, 5.74) is -0.570. The lowest BCUT2D eigenvalue weighted by molar-refractivity contribution is -0.384. The fourth-order valence-electron chi connectivity index (χ4n) is 1.34. The van der Waals surface area contributed by atoms with Crippen molar-refractivity contribution in [1.29, 1.82) is 0 Å². The molecular formula is C13H16ClNO5. The molecule has 1 rings (SSSR count). The van der Waals surface area contributed by atoms with E-state index in [1.165, 1.54) is 12.1 Å². The number of rotatable bonds is 5. The van der Waals surface area contributed by atoms with E-state index in [0.29, 0.717) is 0 Å². The molecule has 0 saturated carbocycles. The largest absolute Gasteiger partial charge is 0.460 e. The van der Waals surface area contributed by atoms with Crippen LogP contribution in [0.4, 0.5) is 5.69 Å². The number of carbonyl (C=O) groups is 1. The molecule has 0 unspecified atom stereocenters. The van der Waals surface area contributed by atoms with Gasteiger partial charge in [-0.2, -0.15) is 0 Å². The summed E-state index contributed by atoms with van der Waals surface area (Å²) < 4.78 is 10.4. The van der Waals surface area contributed by atoms with Gasteiger partial charge >= 0.3 is 5.97 Å². The predicted molar refractivity (Wildman–Crippen MR) is 74.1 cm³/mol. The molecule has 110 valence electrons. The molecule has 7 heteroatoms. The Balaban J connectivity index is 2.63. The number of nitrogens with zero attached hydrogens (tertiary/aromatic N) is 1. The van der Waals surface area contributed by atoms with Crippen LogP contribution in [-0.2, 0) is 9.47 Å². The van der Waals surface area contributed by atoms with Gasteiger partial charge in [0.15, 0.2) is 0 Å². The van der Waals surface area contributed by atoms with Gasteiger partial charge in [-0.1, -0.05) is 11.6 Å². The monoisotopic (exact) mass is 301 g/mol. The highest BCUT2D eigenvalue weighted by Gasteiger charge is 2.17. The Morgan fingerprint density at radius 3 is 2.55 bits per heavy atom. The Hall–Kier alpha value is -1.66. The van der Waals surface area contributed by atoms with Crippen LogP contribution in [-0.4, -0.2) is 29.7 Å². The number of carbonyl (C=O) groups excluding carboxylic acids is 1. The van der Waals surface area contributed by atoms with Crippen molar-refractivity contribution in [2.24, 2.45) is 0 Å². The molecule has 0 aliphatic carbocycles. The summed E-state index contributed by atoms with van der Waals surface area (Å²) in [7, 11) is 0. The van der Waals surface area contributed by atoms with Gasteiger partial charge in [-0.05, 0) is 26.8 Å². The number of ether oxygens (including phenoxy) is 2. The zero-order valence-electron chi connectivity index (χ0n) is 11.5. The van der Waals surface area contributed by atoms with Crippen LogP contribution in [0.25, 0.3) is 0 Å². The van der Waals surface area contributed by atoms with E-state index in [4.69, 9.17) is 21.1 Å². The lowest BCUT2D eigenvalue weighted by Gasteiger charge is -2.19. The summed E-state index contributed by atoms with van der Waals surface area (Å²) in [5.74, 6) is -0.712. The second-order valence-electron chi connectivity index (χ2n) is 5.02. The van der Waals surface area contributed by atoms with Crippen molar-refractivity contribution in [3.05, 3.63) is 38.9 Å². The Labute approximate surface area is 121 Å². The molecule has 0 saturated heterocycles. The number of non-ortho nitro benzene ring substituents is 1. The van der Waals surface area contributed by atoms with Crippen molar-refractivity contribution in [1.82, 2.24) is 0 Å². The second-order valence-corrected chi connectivity index (χ2v) is 5.43. The average molecular weight is 302 g/mol. The van der Waals surface area contributed by atoms with E-state index in [1.807, 2.05) is 20.8 Å². The molecule has 0 spiro atoms. The van der Waals surface area contributed by atoms with Crippen LogP contribution >= 0.6 is 11.6 Å². The maximum absolute atomic E-state index is 11.8. The predicted octanol–water partition coefficient (Wildman–Crippen LogP) is 3.22. The maximum atomic E-state index is 11.8. The molecule has 0 aromatic heterocycles. The third-order valence-corrected chi connectivity index (χ3v) is 2.56. The highest BCUT2D eigenvalue weighted by Crippen LogP contribution is 2.22. The average Bonchev–Trinajstić information content (AvgIpc) is 2.33. The van der Waals surface area contributed by atoms with Gasteiger partial charge in [-0.25, -0.2) is 4.79 Å². The van der Waals surface area contributed by atoms with Crippen molar-refractivity contribution in [3.63, 3.8) is 0 Å². The molecule has 0 radical (unpaired) electrons. The molecule has 0 fully saturated rings. The molecule has 20 heavy (non-hydrogen) atoms. The Morgan fingerprint density at radius 2 is 2.00 bits per heavy atom. The van der Waals surface area contributed by atoms with Gasteiger partial charge in [0.2, 0.25) is 0 Å². The molecule has 0 amide bonds. The van der Waals surface area contributed by atoms with Crippen LogP contribution in [0.3, 0.4) is 0 Å². The van der Waals surface area contributed by atoms with Crippen LogP contribution < -0.4 is 0 Å². The number of hydrogen-bond donors (Lipinski definition) is 0. The van der Waals surface area contributed by atoms with E-state index in [9.17, 15) is 14.9 Å². The number of benzene rings is 1. The topological polar surface area (TPSA) is 78.7 Å². The Bertz CT molecular complexity index is 510. The lowest BCUT2D eigenvalue weighted by atomic mass is 10.2. The molecule has 1 aromatic carbocycles. The molecule has 6 nitrogen and oxygen atoms in total.